The molecule has 2 N–H and O–H groups in total. The van der Waals surface area contributed by atoms with Crippen molar-refractivity contribution >= 4 is 65.4 Å². The van der Waals surface area contributed by atoms with Crippen molar-refractivity contribution < 1.29 is 5.11 Å². The largest absolute Gasteiger partial charge is 0.508 e. The van der Waals surface area contributed by atoms with Crippen LogP contribution in [-0.4, -0.2) is 15.7 Å². The van der Waals surface area contributed by atoms with Crippen LogP contribution >= 0.6 is 0 Å². The standard InChI is InChI=1S/C54H38N2O/c57-42-26-30-54-51(34-42)50-32-38(23-29-53(50)56(54)41-13-5-2-6-14-41)37-22-28-52(55-40-24-19-36(20-25-40)35-11-3-1-4-12-35)48(31-37)39-21-27-47-45-17-8-7-15-43(45)44-16-9-10-18-46(44)49(47)33-39/h1-34,48,52,55,57H. The molecule has 11 rings (SSSR count). The first-order valence-corrected chi connectivity index (χ1v) is 19.6. The zero-order valence-electron chi connectivity index (χ0n) is 31.2. The zero-order valence-corrected chi connectivity index (χ0v) is 31.2. The smallest absolute Gasteiger partial charge is 0.116 e. The second kappa shape index (κ2) is 13.4. The molecule has 1 heterocycles. The van der Waals surface area contributed by atoms with Crippen molar-refractivity contribution in [2.75, 3.05) is 5.32 Å². The van der Waals surface area contributed by atoms with E-state index in [-0.39, 0.29) is 17.7 Å². The third kappa shape index (κ3) is 5.67. The first kappa shape index (κ1) is 33.0. The highest BCUT2D eigenvalue weighted by atomic mass is 16.3. The molecule has 1 aliphatic carbocycles. The Bertz CT molecular complexity index is 3180. The average molecular weight is 731 g/mol. The lowest BCUT2D eigenvalue weighted by molar-refractivity contribution is 0.476. The number of nitrogens with zero attached hydrogens (tertiary/aromatic N) is 1. The number of anilines is 1. The molecular weight excluding hydrogens is 693 g/mol. The lowest BCUT2D eigenvalue weighted by Crippen LogP contribution is -2.26. The van der Waals surface area contributed by atoms with E-state index in [1.807, 2.05) is 18.2 Å². The minimum absolute atomic E-state index is 0.0150. The zero-order chi connectivity index (χ0) is 37.9. The van der Waals surface area contributed by atoms with Crippen LogP contribution in [0.4, 0.5) is 5.69 Å². The summed E-state index contributed by atoms with van der Waals surface area (Å²) in [6.07, 6.45) is 7.04. The molecule has 9 aromatic carbocycles. The van der Waals surface area contributed by atoms with Gasteiger partial charge < -0.3 is 15.0 Å². The average Bonchev–Trinajstić information content (AvgIpc) is 3.60. The van der Waals surface area contributed by atoms with Crippen LogP contribution < -0.4 is 5.32 Å². The molecule has 0 saturated heterocycles. The van der Waals surface area contributed by atoms with E-state index < -0.39 is 0 Å². The van der Waals surface area contributed by atoms with E-state index in [0.717, 1.165) is 38.7 Å². The fourth-order valence-corrected chi connectivity index (χ4v) is 9.07. The Hall–Kier alpha value is -7.36. The van der Waals surface area contributed by atoms with Gasteiger partial charge in [0.05, 0.1) is 17.1 Å². The molecule has 10 aromatic rings. The summed E-state index contributed by atoms with van der Waals surface area (Å²) in [5.74, 6) is 0.304. The van der Waals surface area contributed by atoms with Crippen LogP contribution in [0, 0.1) is 0 Å². The Morgan fingerprint density at radius 1 is 0.439 bits per heavy atom. The van der Waals surface area contributed by atoms with Crippen molar-refractivity contribution in [2.45, 2.75) is 12.0 Å². The molecule has 0 radical (unpaired) electrons. The molecule has 3 heteroatoms. The maximum absolute atomic E-state index is 10.6. The number of fused-ring (bicyclic) bond motifs is 9. The van der Waals surface area contributed by atoms with Gasteiger partial charge in [-0.15, -0.1) is 0 Å². The number of hydrogen-bond donors (Lipinski definition) is 2. The second-order valence-electron chi connectivity index (χ2n) is 15.1. The van der Waals surface area contributed by atoms with Gasteiger partial charge in [-0.2, -0.15) is 0 Å². The molecule has 0 spiro atoms. The first-order valence-electron chi connectivity index (χ1n) is 19.6. The molecule has 3 nitrogen and oxygen atoms in total. The van der Waals surface area contributed by atoms with Crippen molar-refractivity contribution in [3.05, 3.63) is 217 Å². The normalized spacial score (nSPS) is 15.5. The fraction of sp³-hybridized carbons (Fsp3) is 0.0370. The summed E-state index contributed by atoms with van der Waals surface area (Å²) in [7, 11) is 0. The van der Waals surface area contributed by atoms with E-state index in [2.05, 4.69) is 192 Å². The highest BCUT2D eigenvalue weighted by Gasteiger charge is 2.25. The quantitative estimate of drug-likeness (QED) is 0.167. The number of nitrogens with one attached hydrogen (secondary N) is 1. The summed E-state index contributed by atoms with van der Waals surface area (Å²) >= 11 is 0. The number of hydrogen-bond acceptors (Lipinski definition) is 2. The molecule has 1 aliphatic rings. The number of phenols is 1. The van der Waals surface area contributed by atoms with Crippen LogP contribution in [0.2, 0.25) is 0 Å². The van der Waals surface area contributed by atoms with Gasteiger partial charge in [0.1, 0.15) is 5.75 Å². The van der Waals surface area contributed by atoms with Gasteiger partial charge in [0.2, 0.25) is 0 Å². The molecular formula is C54H38N2O. The number of allylic oxidation sites excluding steroid dienone is 2. The van der Waals surface area contributed by atoms with Gasteiger partial charge in [-0.1, -0.05) is 146 Å². The Morgan fingerprint density at radius 2 is 1.00 bits per heavy atom. The summed E-state index contributed by atoms with van der Waals surface area (Å²) in [5.41, 5.74) is 10.3. The molecule has 0 amide bonds. The van der Waals surface area contributed by atoms with E-state index in [9.17, 15) is 5.11 Å². The minimum atomic E-state index is 0.0150. The van der Waals surface area contributed by atoms with Crippen LogP contribution in [0.1, 0.15) is 17.0 Å². The molecule has 2 atom stereocenters. The molecule has 57 heavy (non-hydrogen) atoms. The topological polar surface area (TPSA) is 37.2 Å². The molecule has 0 bridgehead atoms. The Morgan fingerprint density at radius 3 is 1.70 bits per heavy atom. The maximum Gasteiger partial charge on any atom is 0.116 e. The summed E-state index contributed by atoms with van der Waals surface area (Å²) in [6, 6.07) is 66.9. The summed E-state index contributed by atoms with van der Waals surface area (Å²) in [6.45, 7) is 0. The monoisotopic (exact) mass is 730 g/mol. The Kier molecular flexibility index (Phi) is 7.78. The molecule has 0 aliphatic heterocycles. The van der Waals surface area contributed by atoms with E-state index in [1.54, 1.807) is 6.07 Å². The summed E-state index contributed by atoms with van der Waals surface area (Å²) in [4.78, 5) is 0. The van der Waals surface area contributed by atoms with Gasteiger partial charge >= 0.3 is 0 Å². The highest BCUT2D eigenvalue weighted by Crippen LogP contribution is 2.41. The highest BCUT2D eigenvalue weighted by molar-refractivity contribution is 6.25. The number of benzene rings is 9. The third-order valence-electron chi connectivity index (χ3n) is 11.8. The van der Waals surface area contributed by atoms with Crippen LogP contribution in [0.15, 0.2) is 206 Å². The van der Waals surface area contributed by atoms with E-state index in [0.29, 0.717) is 0 Å². The number of para-hydroxylation sites is 1. The number of phenolic OH excluding ortho intramolecular Hbond substituents is 1. The molecule has 1 aromatic heterocycles. The second-order valence-corrected chi connectivity index (χ2v) is 15.1. The van der Waals surface area contributed by atoms with Crippen LogP contribution in [-0.2, 0) is 0 Å². The van der Waals surface area contributed by atoms with Crippen LogP contribution in [0.25, 0.3) is 76.5 Å². The van der Waals surface area contributed by atoms with E-state index in [1.165, 1.54) is 54.6 Å². The Balaban J connectivity index is 1.05. The minimum Gasteiger partial charge on any atom is -0.508 e. The summed E-state index contributed by atoms with van der Waals surface area (Å²) in [5, 5.41) is 24.3. The molecule has 0 fully saturated rings. The van der Waals surface area contributed by atoms with Crippen LogP contribution in [0.3, 0.4) is 0 Å². The van der Waals surface area contributed by atoms with Crippen molar-refractivity contribution in [3.8, 4) is 22.6 Å². The van der Waals surface area contributed by atoms with Gasteiger partial charge in [0.15, 0.2) is 0 Å². The van der Waals surface area contributed by atoms with Gasteiger partial charge in [0, 0.05) is 28.1 Å². The molecule has 2 unspecified atom stereocenters. The molecule has 0 saturated carbocycles. The van der Waals surface area contributed by atoms with E-state index in [4.69, 9.17) is 0 Å². The first-order chi connectivity index (χ1) is 28.2. The lowest BCUT2D eigenvalue weighted by atomic mass is 9.82. The Labute approximate surface area is 331 Å². The predicted octanol–water partition coefficient (Wildman–Crippen LogP) is 13.8. The van der Waals surface area contributed by atoms with Crippen LogP contribution in [0.5, 0.6) is 5.75 Å². The lowest BCUT2D eigenvalue weighted by Gasteiger charge is -2.29. The maximum atomic E-state index is 10.6. The number of aromatic hydroxyl groups is 1. The van der Waals surface area contributed by atoms with Gasteiger partial charge in [0.25, 0.3) is 0 Å². The van der Waals surface area contributed by atoms with Gasteiger partial charge in [-0.25, -0.2) is 0 Å². The van der Waals surface area contributed by atoms with Gasteiger partial charge in [-0.3, -0.25) is 0 Å². The van der Waals surface area contributed by atoms with Crippen molar-refractivity contribution in [3.63, 3.8) is 0 Å². The SMILES string of the molecule is Oc1ccc2c(c1)c1cc(C3=CC(c4ccc5c6ccccc6c6ccccc6c5c4)C(Nc4ccc(-c5ccccc5)cc4)C=C3)ccc1n2-c1ccccc1. The van der Waals surface area contributed by atoms with Crippen molar-refractivity contribution in [1.29, 1.82) is 0 Å². The fourth-order valence-electron chi connectivity index (χ4n) is 9.07. The van der Waals surface area contributed by atoms with Crippen molar-refractivity contribution in [1.82, 2.24) is 4.57 Å². The van der Waals surface area contributed by atoms with E-state index >= 15 is 0 Å². The predicted molar refractivity (Wildman–Crippen MR) is 241 cm³/mol. The molecule has 270 valence electrons. The number of rotatable bonds is 6. The third-order valence-corrected chi connectivity index (χ3v) is 11.8. The van der Waals surface area contributed by atoms with Gasteiger partial charge in [-0.05, 0) is 121 Å². The van der Waals surface area contributed by atoms with Crippen molar-refractivity contribution in [2.24, 2.45) is 0 Å². The number of aromatic nitrogens is 1. The summed E-state index contributed by atoms with van der Waals surface area (Å²) < 4.78 is 2.29.